The van der Waals surface area contributed by atoms with Crippen LogP contribution in [-0.4, -0.2) is 23.6 Å². The van der Waals surface area contributed by atoms with E-state index in [0.29, 0.717) is 11.8 Å². The van der Waals surface area contributed by atoms with Gasteiger partial charge in [0.1, 0.15) is 0 Å². The van der Waals surface area contributed by atoms with E-state index in [9.17, 15) is 0 Å². The second kappa shape index (κ2) is 6.06. The lowest BCUT2D eigenvalue weighted by Gasteiger charge is -2.25. The summed E-state index contributed by atoms with van der Waals surface area (Å²) >= 11 is 0. The van der Waals surface area contributed by atoms with Crippen molar-refractivity contribution in [1.82, 2.24) is 15.3 Å². The number of pyridine rings is 1. The number of aromatic amines is 1. The molecule has 20 heavy (non-hydrogen) atoms. The number of rotatable bonds is 5. The summed E-state index contributed by atoms with van der Waals surface area (Å²) in [4.78, 5) is 7.55. The first kappa shape index (κ1) is 13.1. The smallest absolute Gasteiger partial charge is 0.0643 e. The molecule has 0 amide bonds. The van der Waals surface area contributed by atoms with Crippen LogP contribution >= 0.6 is 0 Å². The van der Waals surface area contributed by atoms with Crippen LogP contribution in [0.2, 0.25) is 0 Å². The molecule has 0 saturated carbocycles. The van der Waals surface area contributed by atoms with Crippen molar-refractivity contribution in [2.24, 2.45) is 5.92 Å². The van der Waals surface area contributed by atoms with Crippen LogP contribution in [0.4, 0.5) is 0 Å². The van der Waals surface area contributed by atoms with Crippen LogP contribution in [0, 0.1) is 5.92 Å². The highest BCUT2D eigenvalue weighted by Gasteiger charge is 2.23. The predicted octanol–water partition coefficient (Wildman–Crippen LogP) is 3.39. The van der Waals surface area contributed by atoms with Gasteiger partial charge in [-0.25, -0.2) is 0 Å². The van der Waals surface area contributed by atoms with E-state index in [0.717, 1.165) is 24.9 Å². The Bertz CT molecular complexity index is 624. The monoisotopic (exact) mass is 267 g/mol. The summed E-state index contributed by atoms with van der Waals surface area (Å²) in [6, 6.07) is 2.12. The largest absolute Gasteiger partial charge is 0.360 e. The molecule has 0 saturated heterocycles. The van der Waals surface area contributed by atoms with E-state index in [4.69, 9.17) is 0 Å². The topological polar surface area (TPSA) is 40.7 Å². The third kappa shape index (κ3) is 2.54. The van der Waals surface area contributed by atoms with E-state index in [1.807, 2.05) is 19.4 Å². The normalized spacial score (nSPS) is 19.6. The summed E-state index contributed by atoms with van der Waals surface area (Å²) in [5.74, 6) is 1.13. The van der Waals surface area contributed by atoms with Gasteiger partial charge in [0.05, 0.1) is 11.7 Å². The number of allylic oxidation sites excluding steroid dienone is 4. The van der Waals surface area contributed by atoms with E-state index in [1.54, 1.807) is 0 Å². The molecule has 2 atom stereocenters. The minimum atomic E-state index is 0.541. The highest BCUT2D eigenvalue weighted by molar-refractivity contribution is 5.82. The van der Waals surface area contributed by atoms with E-state index in [2.05, 4.69) is 51.9 Å². The zero-order valence-electron chi connectivity index (χ0n) is 11.8. The standard InChI is InChI=1S/C17H21N3/c1-18-9-7-14(13-5-3-2-4-6-13)16-11-20-17-12-19-10-8-15(16)17/h2-5,8,10-14,18,20H,6-7,9H2,1H3. The molecule has 2 unspecified atom stereocenters. The number of H-pyrrole nitrogens is 1. The molecule has 0 spiro atoms. The number of hydrogen-bond acceptors (Lipinski definition) is 2. The van der Waals surface area contributed by atoms with Gasteiger partial charge in [0.2, 0.25) is 0 Å². The van der Waals surface area contributed by atoms with Crippen LogP contribution in [0.1, 0.15) is 24.3 Å². The summed E-state index contributed by atoms with van der Waals surface area (Å²) < 4.78 is 0. The van der Waals surface area contributed by atoms with Crippen molar-refractivity contribution in [1.29, 1.82) is 0 Å². The number of aromatic nitrogens is 2. The first-order chi connectivity index (χ1) is 9.90. The SMILES string of the molecule is CNCCC(c1c[nH]c2cnccc12)C1C=CC=CC1. The van der Waals surface area contributed by atoms with Gasteiger partial charge in [-0.2, -0.15) is 0 Å². The van der Waals surface area contributed by atoms with Gasteiger partial charge in [-0.1, -0.05) is 24.3 Å². The third-order valence-electron chi connectivity index (χ3n) is 4.15. The highest BCUT2D eigenvalue weighted by atomic mass is 14.8. The van der Waals surface area contributed by atoms with Crippen LogP contribution < -0.4 is 5.32 Å². The van der Waals surface area contributed by atoms with Crippen molar-refractivity contribution in [3.8, 4) is 0 Å². The molecular formula is C17H21N3. The van der Waals surface area contributed by atoms with Crippen molar-refractivity contribution in [2.75, 3.05) is 13.6 Å². The van der Waals surface area contributed by atoms with Crippen LogP contribution in [0.15, 0.2) is 49.0 Å². The second-order valence-corrected chi connectivity index (χ2v) is 5.38. The molecule has 0 bridgehead atoms. The van der Waals surface area contributed by atoms with Gasteiger partial charge in [-0.05, 0) is 49.9 Å². The maximum Gasteiger partial charge on any atom is 0.0643 e. The predicted molar refractivity (Wildman–Crippen MR) is 83.8 cm³/mol. The molecule has 3 nitrogen and oxygen atoms in total. The first-order valence-corrected chi connectivity index (χ1v) is 7.29. The lowest BCUT2D eigenvalue weighted by Crippen LogP contribution is -2.18. The van der Waals surface area contributed by atoms with Crippen molar-refractivity contribution < 1.29 is 0 Å². The molecule has 0 aliphatic heterocycles. The molecule has 3 rings (SSSR count). The van der Waals surface area contributed by atoms with Crippen LogP contribution in [0.25, 0.3) is 10.9 Å². The molecule has 0 fully saturated rings. The van der Waals surface area contributed by atoms with E-state index in [1.165, 1.54) is 10.9 Å². The zero-order valence-corrected chi connectivity index (χ0v) is 11.8. The van der Waals surface area contributed by atoms with Gasteiger partial charge in [0.25, 0.3) is 0 Å². The average molecular weight is 267 g/mol. The van der Waals surface area contributed by atoms with Gasteiger partial charge in [0, 0.05) is 17.8 Å². The van der Waals surface area contributed by atoms with Crippen LogP contribution in [-0.2, 0) is 0 Å². The summed E-state index contributed by atoms with van der Waals surface area (Å²) in [5.41, 5.74) is 2.55. The molecule has 104 valence electrons. The number of fused-ring (bicyclic) bond motifs is 1. The van der Waals surface area contributed by atoms with E-state index < -0.39 is 0 Å². The molecule has 2 N–H and O–H groups in total. The number of nitrogens with one attached hydrogen (secondary N) is 2. The number of nitrogens with zero attached hydrogens (tertiary/aromatic N) is 1. The number of hydrogen-bond donors (Lipinski definition) is 2. The Hall–Kier alpha value is -1.87. The maximum absolute atomic E-state index is 4.19. The zero-order chi connectivity index (χ0) is 13.8. The summed E-state index contributed by atoms with van der Waals surface area (Å²) in [6.07, 6.45) is 17.2. The molecule has 1 aliphatic carbocycles. The molecule has 2 aromatic heterocycles. The lowest BCUT2D eigenvalue weighted by atomic mass is 9.80. The Morgan fingerprint density at radius 1 is 1.45 bits per heavy atom. The van der Waals surface area contributed by atoms with Crippen LogP contribution in [0.3, 0.4) is 0 Å². The quantitative estimate of drug-likeness (QED) is 0.872. The third-order valence-corrected chi connectivity index (χ3v) is 4.15. The minimum absolute atomic E-state index is 0.541. The molecule has 0 radical (unpaired) electrons. The van der Waals surface area contributed by atoms with E-state index >= 15 is 0 Å². The Balaban J connectivity index is 1.95. The van der Waals surface area contributed by atoms with Gasteiger partial charge in [-0.3, -0.25) is 4.98 Å². The fourth-order valence-electron chi connectivity index (χ4n) is 3.10. The Kier molecular flexibility index (Phi) is 3.97. The second-order valence-electron chi connectivity index (χ2n) is 5.38. The summed E-state index contributed by atoms with van der Waals surface area (Å²) in [7, 11) is 2.02. The Morgan fingerprint density at radius 2 is 2.40 bits per heavy atom. The molecule has 2 aromatic rings. The van der Waals surface area contributed by atoms with Crippen molar-refractivity contribution in [3.05, 3.63) is 54.5 Å². The maximum atomic E-state index is 4.19. The molecular weight excluding hydrogens is 246 g/mol. The summed E-state index contributed by atoms with van der Waals surface area (Å²) in [5, 5.41) is 4.59. The van der Waals surface area contributed by atoms with Gasteiger partial charge in [-0.15, -0.1) is 0 Å². The Morgan fingerprint density at radius 3 is 3.20 bits per heavy atom. The van der Waals surface area contributed by atoms with Crippen molar-refractivity contribution in [2.45, 2.75) is 18.8 Å². The van der Waals surface area contributed by atoms with Gasteiger partial charge < -0.3 is 10.3 Å². The summed E-state index contributed by atoms with van der Waals surface area (Å²) in [6.45, 7) is 1.04. The van der Waals surface area contributed by atoms with Gasteiger partial charge in [0.15, 0.2) is 0 Å². The van der Waals surface area contributed by atoms with Gasteiger partial charge >= 0.3 is 0 Å². The fraction of sp³-hybridized carbons (Fsp3) is 0.353. The van der Waals surface area contributed by atoms with Crippen molar-refractivity contribution >= 4 is 10.9 Å². The molecule has 2 heterocycles. The highest BCUT2D eigenvalue weighted by Crippen LogP contribution is 2.36. The average Bonchev–Trinajstić information content (AvgIpc) is 2.93. The fourth-order valence-corrected chi connectivity index (χ4v) is 3.10. The molecule has 1 aliphatic rings. The molecule has 0 aromatic carbocycles. The Labute approximate surface area is 119 Å². The van der Waals surface area contributed by atoms with Crippen molar-refractivity contribution in [3.63, 3.8) is 0 Å². The van der Waals surface area contributed by atoms with Crippen LogP contribution in [0.5, 0.6) is 0 Å². The minimum Gasteiger partial charge on any atom is -0.360 e. The van der Waals surface area contributed by atoms with E-state index in [-0.39, 0.29) is 0 Å². The lowest BCUT2D eigenvalue weighted by molar-refractivity contribution is 0.472. The molecule has 3 heteroatoms. The first-order valence-electron chi connectivity index (χ1n) is 7.29.